The molecule has 0 radical (unpaired) electrons. The molecule has 98 valence electrons. The molecule has 0 saturated carbocycles. The first kappa shape index (κ1) is 13.2. The second kappa shape index (κ2) is 5.63. The van der Waals surface area contributed by atoms with E-state index in [1.165, 1.54) is 17.0 Å². The molecule has 0 aliphatic heterocycles. The first-order valence-electron chi connectivity index (χ1n) is 5.95. The summed E-state index contributed by atoms with van der Waals surface area (Å²) in [6, 6.07) is 13.3. The van der Waals surface area contributed by atoms with Gasteiger partial charge in [-0.25, -0.2) is 4.39 Å². The van der Waals surface area contributed by atoms with E-state index >= 15 is 0 Å². The number of hydrogen-bond donors (Lipinski definition) is 1. The Morgan fingerprint density at radius 1 is 1.21 bits per heavy atom. The van der Waals surface area contributed by atoms with Gasteiger partial charge in [0.15, 0.2) is 0 Å². The zero-order valence-corrected chi connectivity index (χ0v) is 10.6. The van der Waals surface area contributed by atoms with Crippen molar-refractivity contribution in [3.63, 3.8) is 0 Å². The third-order valence-electron chi connectivity index (χ3n) is 2.94. The number of amides is 1. The number of hydrogen-bond acceptors (Lipinski definition) is 2. The number of nitrogens with zero attached hydrogens (tertiary/aromatic N) is 1. The van der Waals surface area contributed by atoms with Crippen molar-refractivity contribution in [3.8, 4) is 0 Å². The Bertz CT molecular complexity index is 598. The summed E-state index contributed by atoms with van der Waals surface area (Å²) in [4.78, 5) is 13.6. The topological polar surface area (TPSA) is 46.3 Å². The first-order valence-corrected chi connectivity index (χ1v) is 5.95. The summed E-state index contributed by atoms with van der Waals surface area (Å²) >= 11 is 0. The van der Waals surface area contributed by atoms with Gasteiger partial charge in [-0.3, -0.25) is 4.79 Å². The van der Waals surface area contributed by atoms with Crippen molar-refractivity contribution in [3.05, 3.63) is 65.5 Å². The highest BCUT2D eigenvalue weighted by Crippen LogP contribution is 2.18. The van der Waals surface area contributed by atoms with E-state index in [2.05, 4.69) is 0 Å². The van der Waals surface area contributed by atoms with Crippen LogP contribution in [0.4, 0.5) is 10.1 Å². The Morgan fingerprint density at radius 3 is 2.63 bits per heavy atom. The van der Waals surface area contributed by atoms with E-state index < -0.39 is 5.82 Å². The molecule has 0 aliphatic carbocycles. The Hall–Kier alpha value is -2.20. The van der Waals surface area contributed by atoms with Gasteiger partial charge in [0.25, 0.3) is 5.91 Å². The molecule has 2 rings (SSSR count). The Labute approximate surface area is 111 Å². The van der Waals surface area contributed by atoms with E-state index in [-0.39, 0.29) is 11.5 Å². The summed E-state index contributed by atoms with van der Waals surface area (Å²) in [7, 11) is 1.62. The minimum Gasteiger partial charge on any atom is -0.326 e. The molecule has 0 spiro atoms. The smallest absolute Gasteiger partial charge is 0.260 e. The van der Waals surface area contributed by atoms with E-state index in [0.717, 1.165) is 5.56 Å². The van der Waals surface area contributed by atoms with Crippen LogP contribution in [0.1, 0.15) is 15.9 Å². The van der Waals surface area contributed by atoms with E-state index in [1.807, 2.05) is 18.2 Å². The number of nitrogens with two attached hydrogens (primary N) is 1. The van der Waals surface area contributed by atoms with E-state index in [4.69, 9.17) is 5.73 Å². The first-order chi connectivity index (χ1) is 9.13. The van der Waals surface area contributed by atoms with Crippen LogP contribution in [-0.2, 0) is 6.54 Å². The van der Waals surface area contributed by atoms with Crippen molar-refractivity contribution in [2.75, 3.05) is 11.9 Å². The van der Waals surface area contributed by atoms with Crippen LogP contribution in [0.5, 0.6) is 0 Å². The normalized spacial score (nSPS) is 10.3. The van der Waals surface area contributed by atoms with Crippen molar-refractivity contribution in [1.82, 2.24) is 0 Å². The lowest BCUT2D eigenvalue weighted by molar-refractivity contribution is 0.0989. The van der Waals surface area contributed by atoms with E-state index in [0.29, 0.717) is 12.2 Å². The van der Waals surface area contributed by atoms with Gasteiger partial charge in [0, 0.05) is 19.3 Å². The maximum Gasteiger partial charge on any atom is 0.260 e. The summed E-state index contributed by atoms with van der Waals surface area (Å²) in [6.07, 6.45) is 0. The molecular weight excluding hydrogens is 243 g/mol. The zero-order chi connectivity index (χ0) is 13.8. The summed E-state index contributed by atoms with van der Waals surface area (Å²) in [5, 5.41) is 0. The van der Waals surface area contributed by atoms with Gasteiger partial charge in [-0.2, -0.15) is 0 Å². The van der Waals surface area contributed by atoms with E-state index in [9.17, 15) is 9.18 Å². The van der Waals surface area contributed by atoms with Crippen LogP contribution in [-0.4, -0.2) is 13.0 Å². The quantitative estimate of drug-likeness (QED) is 0.919. The highest BCUT2D eigenvalue weighted by atomic mass is 19.1. The molecule has 2 aromatic rings. The molecule has 0 fully saturated rings. The second-order valence-corrected chi connectivity index (χ2v) is 4.22. The van der Waals surface area contributed by atoms with Crippen LogP contribution in [0, 0.1) is 5.82 Å². The summed E-state index contributed by atoms with van der Waals surface area (Å²) in [5.41, 5.74) is 7.24. The van der Waals surface area contributed by atoms with Gasteiger partial charge >= 0.3 is 0 Å². The molecule has 2 aromatic carbocycles. The fourth-order valence-corrected chi connectivity index (χ4v) is 1.82. The fourth-order valence-electron chi connectivity index (χ4n) is 1.82. The van der Waals surface area contributed by atoms with Crippen LogP contribution in [0.2, 0.25) is 0 Å². The van der Waals surface area contributed by atoms with Gasteiger partial charge in [0.05, 0.1) is 5.56 Å². The standard InChI is InChI=1S/C15H15FN2O/c1-18(12-6-4-5-11(9-12)10-17)15(19)13-7-2-3-8-14(13)16/h2-9H,10,17H2,1H3. The minimum atomic E-state index is -0.519. The van der Waals surface area contributed by atoms with Crippen molar-refractivity contribution >= 4 is 11.6 Å². The van der Waals surface area contributed by atoms with Crippen molar-refractivity contribution in [2.45, 2.75) is 6.54 Å². The second-order valence-electron chi connectivity index (χ2n) is 4.22. The number of anilines is 1. The number of carbonyl (C=O) groups is 1. The predicted molar refractivity (Wildman–Crippen MR) is 73.5 cm³/mol. The minimum absolute atomic E-state index is 0.0585. The summed E-state index contributed by atoms with van der Waals surface area (Å²) < 4.78 is 13.6. The lowest BCUT2D eigenvalue weighted by Crippen LogP contribution is -2.27. The molecular formula is C15H15FN2O. The monoisotopic (exact) mass is 258 g/mol. The highest BCUT2D eigenvalue weighted by Gasteiger charge is 2.16. The SMILES string of the molecule is CN(C(=O)c1ccccc1F)c1cccc(CN)c1. The molecule has 0 bridgehead atoms. The zero-order valence-electron chi connectivity index (χ0n) is 10.6. The molecule has 0 atom stereocenters. The average molecular weight is 258 g/mol. The van der Waals surface area contributed by atoms with Gasteiger partial charge < -0.3 is 10.6 Å². The van der Waals surface area contributed by atoms with Gasteiger partial charge in [0.1, 0.15) is 5.82 Å². The number of rotatable bonds is 3. The maximum atomic E-state index is 13.6. The highest BCUT2D eigenvalue weighted by molar-refractivity contribution is 6.05. The Morgan fingerprint density at radius 2 is 1.95 bits per heavy atom. The molecule has 0 saturated heterocycles. The average Bonchev–Trinajstić information content (AvgIpc) is 2.46. The van der Waals surface area contributed by atoms with Gasteiger partial charge in [0.2, 0.25) is 0 Å². The largest absolute Gasteiger partial charge is 0.326 e. The van der Waals surface area contributed by atoms with Crippen LogP contribution < -0.4 is 10.6 Å². The molecule has 2 N–H and O–H groups in total. The van der Waals surface area contributed by atoms with Crippen molar-refractivity contribution < 1.29 is 9.18 Å². The molecule has 19 heavy (non-hydrogen) atoms. The lowest BCUT2D eigenvalue weighted by atomic mass is 10.1. The van der Waals surface area contributed by atoms with Crippen molar-refractivity contribution in [2.24, 2.45) is 5.73 Å². The molecule has 0 heterocycles. The molecule has 3 nitrogen and oxygen atoms in total. The predicted octanol–water partition coefficient (Wildman–Crippen LogP) is 2.56. The Balaban J connectivity index is 2.31. The molecule has 4 heteroatoms. The van der Waals surface area contributed by atoms with Crippen LogP contribution in [0.25, 0.3) is 0 Å². The Kier molecular flexibility index (Phi) is 3.92. The van der Waals surface area contributed by atoms with E-state index in [1.54, 1.807) is 25.2 Å². The van der Waals surface area contributed by atoms with Crippen molar-refractivity contribution in [1.29, 1.82) is 0 Å². The molecule has 0 unspecified atom stereocenters. The van der Waals surface area contributed by atoms with Crippen LogP contribution >= 0.6 is 0 Å². The number of benzene rings is 2. The number of halogens is 1. The summed E-state index contributed by atoms with van der Waals surface area (Å²) in [5.74, 6) is -0.901. The van der Waals surface area contributed by atoms with Gasteiger partial charge in [-0.1, -0.05) is 24.3 Å². The lowest BCUT2D eigenvalue weighted by Gasteiger charge is -2.18. The third kappa shape index (κ3) is 2.80. The van der Waals surface area contributed by atoms with Gasteiger partial charge in [-0.05, 0) is 29.8 Å². The fraction of sp³-hybridized carbons (Fsp3) is 0.133. The maximum absolute atomic E-state index is 13.6. The van der Waals surface area contributed by atoms with Gasteiger partial charge in [-0.15, -0.1) is 0 Å². The van der Waals surface area contributed by atoms with Crippen LogP contribution in [0.3, 0.4) is 0 Å². The van der Waals surface area contributed by atoms with Crippen LogP contribution in [0.15, 0.2) is 48.5 Å². The third-order valence-corrected chi connectivity index (χ3v) is 2.94. The summed E-state index contributed by atoms with van der Waals surface area (Å²) in [6.45, 7) is 0.398. The molecule has 1 amide bonds. The number of carbonyl (C=O) groups excluding carboxylic acids is 1. The molecule has 0 aliphatic rings. The molecule has 0 aromatic heterocycles.